The second-order valence-electron chi connectivity index (χ2n) is 6.77. The first-order chi connectivity index (χ1) is 14.2. The Hall–Kier alpha value is -2.32. The molecule has 10 heteroatoms. The number of amides is 2. The van der Waals surface area contributed by atoms with Crippen LogP contribution in [0.25, 0.3) is 0 Å². The number of hydrogen-bond donors (Lipinski definition) is 3. The van der Waals surface area contributed by atoms with Crippen LogP contribution in [0, 0.1) is 0 Å². The molecule has 2 aromatic carbocycles. The van der Waals surface area contributed by atoms with Gasteiger partial charge < -0.3 is 21.1 Å². The first-order valence-corrected chi connectivity index (χ1v) is 10.1. The summed E-state index contributed by atoms with van der Waals surface area (Å²) in [5, 5.41) is 12.2. The molecule has 7 nitrogen and oxygen atoms in total. The van der Waals surface area contributed by atoms with Crippen molar-refractivity contribution < 1.29 is 19.5 Å². The molecule has 2 aromatic rings. The SMILES string of the molecule is NC[C@H](NC(=O)c1c(Cl)cc2c(c1Cl)CCN(C(=O)c1ccc(Cl)cc1)C2)C(=O)O. The lowest BCUT2D eigenvalue weighted by Gasteiger charge is -2.30. The van der Waals surface area contributed by atoms with Crippen LogP contribution in [0.4, 0.5) is 0 Å². The second-order valence-corrected chi connectivity index (χ2v) is 7.99. The molecule has 1 heterocycles. The van der Waals surface area contributed by atoms with Crippen molar-refractivity contribution in [3.63, 3.8) is 0 Å². The number of rotatable bonds is 5. The van der Waals surface area contributed by atoms with Crippen LogP contribution in [0.5, 0.6) is 0 Å². The zero-order chi connectivity index (χ0) is 22.0. The Kier molecular flexibility index (Phi) is 6.88. The topological polar surface area (TPSA) is 113 Å². The Morgan fingerprint density at radius 3 is 2.43 bits per heavy atom. The molecular formula is C20H18Cl3N3O4. The van der Waals surface area contributed by atoms with E-state index in [1.54, 1.807) is 35.2 Å². The number of carboxylic acid groups (broad SMARTS) is 1. The van der Waals surface area contributed by atoms with Gasteiger partial charge in [0.25, 0.3) is 11.8 Å². The molecule has 1 aliphatic rings. The lowest BCUT2D eigenvalue weighted by atomic mass is 9.96. The number of halogens is 3. The molecule has 0 aliphatic carbocycles. The predicted molar refractivity (Wildman–Crippen MR) is 114 cm³/mol. The van der Waals surface area contributed by atoms with Gasteiger partial charge in [0, 0.05) is 30.2 Å². The van der Waals surface area contributed by atoms with E-state index in [9.17, 15) is 14.4 Å². The number of hydrogen-bond acceptors (Lipinski definition) is 4. The molecule has 0 fully saturated rings. The molecule has 0 radical (unpaired) electrons. The molecule has 0 saturated carbocycles. The third-order valence-corrected chi connectivity index (χ3v) is 5.82. The highest BCUT2D eigenvalue weighted by atomic mass is 35.5. The van der Waals surface area contributed by atoms with Gasteiger partial charge in [0.05, 0.1) is 15.6 Å². The lowest BCUT2D eigenvalue weighted by Crippen LogP contribution is -2.46. The van der Waals surface area contributed by atoms with Gasteiger partial charge in [0.15, 0.2) is 0 Å². The van der Waals surface area contributed by atoms with Gasteiger partial charge in [0.2, 0.25) is 0 Å². The molecule has 0 spiro atoms. The zero-order valence-electron chi connectivity index (χ0n) is 15.6. The summed E-state index contributed by atoms with van der Waals surface area (Å²) < 4.78 is 0. The highest BCUT2D eigenvalue weighted by molar-refractivity contribution is 6.40. The molecule has 0 saturated heterocycles. The molecule has 0 aromatic heterocycles. The largest absolute Gasteiger partial charge is 0.480 e. The summed E-state index contributed by atoms with van der Waals surface area (Å²) in [6.07, 6.45) is 0.421. The lowest BCUT2D eigenvalue weighted by molar-refractivity contribution is -0.138. The van der Waals surface area contributed by atoms with Gasteiger partial charge in [-0.3, -0.25) is 9.59 Å². The highest BCUT2D eigenvalue weighted by Gasteiger charge is 2.29. The van der Waals surface area contributed by atoms with Crippen molar-refractivity contribution in [2.75, 3.05) is 13.1 Å². The fraction of sp³-hybridized carbons (Fsp3) is 0.250. The summed E-state index contributed by atoms with van der Waals surface area (Å²) in [7, 11) is 0. The van der Waals surface area contributed by atoms with Crippen LogP contribution in [0.1, 0.15) is 31.8 Å². The first kappa shape index (κ1) is 22.4. The maximum atomic E-state index is 12.8. The Morgan fingerprint density at radius 2 is 1.83 bits per heavy atom. The minimum Gasteiger partial charge on any atom is -0.480 e. The summed E-state index contributed by atoms with van der Waals surface area (Å²) in [6.45, 7) is 0.402. The van der Waals surface area contributed by atoms with E-state index in [-0.39, 0.29) is 34.6 Å². The molecule has 1 atom stereocenters. The standard InChI is InChI=1S/C20H18Cl3N3O4/c21-12-3-1-10(2-4-12)19(28)26-6-5-13-11(9-26)7-14(22)16(17(13)23)18(27)25-15(8-24)20(29)30/h1-4,7,15H,5-6,8-9,24H2,(H,25,27)(H,29,30)/t15-/m0/s1. The van der Waals surface area contributed by atoms with E-state index < -0.39 is 17.9 Å². The summed E-state index contributed by atoms with van der Waals surface area (Å²) in [6, 6.07) is 6.94. The Bertz CT molecular complexity index is 1010. The molecule has 0 bridgehead atoms. The van der Waals surface area contributed by atoms with E-state index in [0.29, 0.717) is 29.1 Å². The van der Waals surface area contributed by atoms with Crippen molar-refractivity contribution in [2.24, 2.45) is 5.73 Å². The van der Waals surface area contributed by atoms with Crippen molar-refractivity contribution >= 4 is 52.6 Å². The second kappa shape index (κ2) is 9.22. The quantitative estimate of drug-likeness (QED) is 0.622. The van der Waals surface area contributed by atoms with E-state index in [2.05, 4.69) is 5.32 Å². The minimum absolute atomic E-state index is 0.00531. The molecular weight excluding hydrogens is 453 g/mol. The van der Waals surface area contributed by atoms with Crippen molar-refractivity contribution in [3.8, 4) is 0 Å². The van der Waals surface area contributed by atoms with Crippen LogP contribution in [0.15, 0.2) is 30.3 Å². The van der Waals surface area contributed by atoms with Gasteiger partial charge in [0.1, 0.15) is 6.04 Å². The molecule has 2 amide bonds. The number of carboxylic acids is 1. The van der Waals surface area contributed by atoms with Crippen molar-refractivity contribution in [1.82, 2.24) is 10.2 Å². The monoisotopic (exact) mass is 469 g/mol. The Balaban J connectivity index is 1.85. The Labute approximate surface area is 187 Å². The van der Waals surface area contributed by atoms with E-state index >= 15 is 0 Å². The number of carbonyl (C=O) groups excluding carboxylic acids is 2. The predicted octanol–water partition coefficient (Wildman–Crippen LogP) is 2.99. The molecule has 0 unspecified atom stereocenters. The molecule has 30 heavy (non-hydrogen) atoms. The van der Waals surface area contributed by atoms with Gasteiger partial charge in [-0.2, -0.15) is 0 Å². The summed E-state index contributed by atoms with van der Waals surface area (Å²) in [4.78, 5) is 38.1. The number of carbonyl (C=O) groups is 3. The Morgan fingerprint density at radius 1 is 1.17 bits per heavy atom. The van der Waals surface area contributed by atoms with Crippen LogP contribution in [-0.2, 0) is 17.8 Å². The van der Waals surface area contributed by atoms with Crippen LogP contribution in [0.2, 0.25) is 15.1 Å². The maximum absolute atomic E-state index is 12.8. The molecule has 3 rings (SSSR count). The summed E-state index contributed by atoms with van der Waals surface area (Å²) in [5.41, 5.74) is 7.31. The average Bonchev–Trinajstić information content (AvgIpc) is 2.71. The fourth-order valence-electron chi connectivity index (χ4n) is 3.26. The van der Waals surface area contributed by atoms with Crippen LogP contribution < -0.4 is 11.1 Å². The molecule has 4 N–H and O–H groups in total. The van der Waals surface area contributed by atoms with Gasteiger partial charge in [-0.25, -0.2) is 4.79 Å². The number of nitrogens with two attached hydrogens (primary N) is 1. The zero-order valence-corrected chi connectivity index (χ0v) is 17.9. The van der Waals surface area contributed by atoms with Gasteiger partial charge in [-0.05, 0) is 47.9 Å². The third-order valence-electron chi connectivity index (χ3n) is 4.85. The van der Waals surface area contributed by atoms with E-state index in [1.807, 2.05) is 0 Å². The number of nitrogens with one attached hydrogen (secondary N) is 1. The number of benzene rings is 2. The third kappa shape index (κ3) is 4.54. The van der Waals surface area contributed by atoms with Gasteiger partial charge >= 0.3 is 5.97 Å². The number of aliphatic carboxylic acids is 1. The first-order valence-electron chi connectivity index (χ1n) is 9.01. The van der Waals surface area contributed by atoms with E-state index in [0.717, 1.165) is 5.56 Å². The summed E-state index contributed by atoms with van der Waals surface area (Å²) >= 11 is 18.6. The van der Waals surface area contributed by atoms with Gasteiger partial charge in [-0.15, -0.1) is 0 Å². The highest BCUT2D eigenvalue weighted by Crippen LogP contribution is 2.35. The van der Waals surface area contributed by atoms with Crippen LogP contribution >= 0.6 is 34.8 Å². The van der Waals surface area contributed by atoms with Crippen molar-refractivity contribution in [2.45, 2.75) is 19.0 Å². The summed E-state index contributed by atoms with van der Waals surface area (Å²) in [5.74, 6) is -2.13. The maximum Gasteiger partial charge on any atom is 0.327 e. The average molecular weight is 471 g/mol. The number of nitrogens with zero attached hydrogens (tertiary/aromatic N) is 1. The van der Waals surface area contributed by atoms with Crippen molar-refractivity contribution in [3.05, 3.63) is 67.7 Å². The van der Waals surface area contributed by atoms with E-state index in [1.165, 1.54) is 0 Å². The minimum atomic E-state index is -1.26. The van der Waals surface area contributed by atoms with Crippen LogP contribution in [0.3, 0.4) is 0 Å². The smallest absolute Gasteiger partial charge is 0.327 e. The van der Waals surface area contributed by atoms with Crippen molar-refractivity contribution in [1.29, 1.82) is 0 Å². The number of fused-ring (bicyclic) bond motifs is 1. The van der Waals surface area contributed by atoms with E-state index in [4.69, 9.17) is 45.6 Å². The van der Waals surface area contributed by atoms with Crippen LogP contribution in [-0.4, -0.2) is 46.9 Å². The molecule has 158 valence electrons. The molecule has 1 aliphatic heterocycles. The van der Waals surface area contributed by atoms with Gasteiger partial charge in [-0.1, -0.05) is 34.8 Å². The normalized spacial score (nSPS) is 14.1. The fourth-order valence-corrected chi connectivity index (χ4v) is 4.15.